The monoisotopic (exact) mass is 452 g/mol. The Hall–Kier alpha value is -2.47. The molecule has 10 nitrogen and oxygen atoms in total. The van der Waals surface area contributed by atoms with Gasteiger partial charge >= 0.3 is 0 Å². The van der Waals surface area contributed by atoms with Gasteiger partial charge in [-0.25, -0.2) is 8.42 Å². The van der Waals surface area contributed by atoms with Crippen molar-refractivity contribution in [1.29, 1.82) is 0 Å². The van der Waals surface area contributed by atoms with Gasteiger partial charge < -0.3 is 10.6 Å². The number of hydrogen-bond acceptors (Lipinski definition) is 7. The Labute approximate surface area is 173 Å². The van der Waals surface area contributed by atoms with Crippen molar-refractivity contribution in [3.05, 3.63) is 18.2 Å². The van der Waals surface area contributed by atoms with Gasteiger partial charge in [-0.2, -0.15) is 8.42 Å². The summed E-state index contributed by atoms with van der Waals surface area (Å²) in [5, 5.41) is 5.73. The van der Waals surface area contributed by atoms with E-state index in [1.165, 1.54) is 12.1 Å². The number of carbonyl (C=O) groups is 2. The quantitative estimate of drug-likeness (QED) is 0.558. The molecule has 2 saturated carbocycles. The van der Waals surface area contributed by atoms with Crippen LogP contribution in [0.15, 0.2) is 27.5 Å². The molecule has 30 heavy (non-hydrogen) atoms. The summed E-state index contributed by atoms with van der Waals surface area (Å²) in [5.74, 6) is -2.11. The van der Waals surface area contributed by atoms with E-state index in [1.54, 1.807) is 0 Å². The molecule has 0 spiro atoms. The SMILES string of the molecule is CS(=O)(=O)Nc1ccc2c(c1)S(=O)(=O)N=C(C1C(=O)NC3C(C1=O)[C@H]1CC[C@@H]3C1)N2. The van der Waals surface area contributed by atoms with Gasteiger partial charge in [-0.05, 0) is 49.3 Å². The molecule has 3 fully saturated rings. The molecule has 3 unspecified atom stereocenters. The number of piperidine rings is 1. The molecule has 12 heteroatoms. The third-order valence-corrected chi connectivity index (χ3v) is 8.36. The minimum atomic E-state index is -4.24. The van der Waals surface area contributed by atoms with E-state index in [-0.39, 0.29) is 45.8 Å². The summed E-state index contributed by atoms with van der Waals surface area (Å²) in [6, 6.07) is 3.74. The first-order valence-electron chi connectivity index (χ1n) is 9.61. The zero-order valence-corrected chi connectivity index (χ0v) is 17.6. The molecule has 0 aromatic heterocycles. The van der Waals surface area contributed by atoms with Gasteiger partial charge in [-0.1, -0.05) is 0 Å². The van der Waals surface area contributed by atoms with Crippen molar-refractivity contribution in [1.82, 2.24) is 5.32 Å². The van der Waals surface area contributed by atoms with Crippen LogP contribution in [0.5, 0.6) is 0 Å². The van der Waals surface area contributed by atoms with E-state index in [9.17, 15) is 26.4 Å². The first-order chi connectivity index (χ1) is 14.0. The second kappa shape index (κ2) is 6.27. The molecule has 5 rings (SSSR count). The average Bonchev–Trinajstić information content (AvgIpc) is 3.22. The van der Waals surface area contributed by atoms with E-state index in [2.05, 4.69) is 19.8 Å². The first kappa shape index (κ1) is 19.5. The summed E-state index contributed by atoms with van der Waals surface area (Å²) in [6.45, 7) is 0. The van der Waals surface area contributed by atoms with Crippen LogP contribution in [-0.2, 0) is 29.6 Å². The van der Waals surface area contributed by atoms with Gasteiger partial charge in [0.2, 0.25) is 15.9 Å². The number of sulfonamides is 2. The largest absolute Gasteiger partial charge is 0.351 e. The van der Waals surface area contributed by atoms with Crippen molar-refractivity contribution >= 4 is 48.9 Å². The van der Waals surface area contributed by atoms with E-state index in [4.69, 9.17) is 0 Å². The van der Waals surface area contributed by atoms with Gasteiger partial charge in [0, 0.05) is 17.6 Å². The Morgan fingerprint density at radius 1 is 1.17 bits per heavy atom. The van der Waals surface area contributed by atoms with E-state index >= 15 is 0 Å². The lowest BCUT2D eigenvalue weighted by molar-refractivity contribution is -0.140. The van der Waals surface area contributed by atoms with Crippen LogP contribution in [0, 0.1) is 23.7 Å². The van der Waals surface area contributed by atoms with Crippen LogP contribution in [0.3, 0.4) is 0 Å². The van der Waals surface area contributed by atoms with E-state index in [0.29, 0.717) is 5.92 Å². The molecular weight excluding hydrogens is 432 g/mol. The molecule has 0 radical (unpaired) electrons. The van der Waals surface area contributed by atoms with Gasteiger partial charge in [-0.3, -0.25) is 14.3 Å². The van der Waals surface area contributed by atoms with Crippen LogP contribution in [0.25, 0.3) is 0 Å². The number of Topliss-reactive ketones (excluding diaryl/α,β-unsaturated/α-hetero) is 1. The van der Waals surface area contributed by atoms with E-state index in [1.807, 2.05) is 0 Å². The Morgan fingerprint density at radius 3 is 2.63 bits per heavy atom. The van der Waals surface area contributed by atoms with Crippen LogP contribution >= 0.6 is 0 Å². The van der Waals surface area contributed by atoms with E-state index < -0.39 is 31.9 Å². The van der Waals surface area contributed by atoms with Gasteiger partial charge in [-0.15, -0.1) is 4.40 Å². The highest BCUT2D eigenvalue weighted by atomic mass is 32.2. The summed E-state index contributed by atoms with van der Waals surface area (Å²) < 4.78 is 54.3. The zero-order valence-electron chi connectivity index (χ0n) is 16.0. The van der Waals surface area contributed by atoms with Crippen LogP contribution in [-0.4, -0.2) is 46.7 Å². The fourth-order valence-electron chi connectivity index (χ4n) is 5.32. The molecule has 1 amide bonds. The Balaban J connectivity index is 1.49. The number of ketones is 1. The number of hydrogen-bond donors (Lipinski definition) is 3. The fourth-order valence-corrected chi connectivity index (χ4v) is 7.05. The number of amidine groups is 1. The molecule has 4 aliphatic rings. The Morgan fingerprint density at radius 2 is 1.90 bits per heavy atom. The topological polar surface area (TPSA) is 151 Å². The summed E-state index contributed by atoms with van der Waals surface area (Å²) in [5.41, 5.74) is 0.200. The van der Waals surface area contributed by atoms with Gasteiger partial charge in [0.15, 0.2) is 11.7 Å². The van der Waals surface area contributed by atoms with Gasteiger partial charge in [0.25, 0.3) is 10.0 Å². The molecule has 5 atom stereocenters. The Kier molecular flexibility index (Phi) is 4.07. The third kappa shape index (κ3) is 3.00. The molecule has 1 aromatic carbocycles. The number of benzene rings is 1. The molecular formula is C18H20N4O6S2. The lowest BCUT2D eigenvalue weighted by atomic mass is 9.74. The van der Waals surface area contributed by atoms with Crippen LogP contribution in [0.4, 0.5) is 11.4 Å². The number of rotatable bonds is 3. The summed E-state index contributed by atoms with van der Waals surface area (Å²) in [7, 11) is -7.83. The van der Waals surface area contributed by atoms with Crippen molar-refractivity contribution in [2.24, 2.45) is 28.1 Å². The molecule has 160 valence electrons. The highest BCUT2D eigenvalue weighted by Crippen LogP contribution is 2.51. The van der Waals surface area contributed by atoms with Gasteiger partial charge in [0.05, 0.1) is 11.9 Å². The molecule has 2 aliphatic carbocycles. The smallest absolute Gasteiger partial charge is 0.286 e. The number of nitrogens with one attached hydrogen (secondary N) is 3. The van der Waals surface area contributed by atoms with Crippen molar-refractivity contribution in [2.75, 3.05) is 16.3 Å². The highest BCUT2D eigenvalue weighted by Gasteiger charge is 2.57. The number of nitrogens with zero attached hydrogens (tertiary/aromatic N) is 1. The predicted molar refractivity (Wildman–Crippen MR) is 108 cm³/mol. The maximum absolute atomic E-state index is 13.2. The standard InChI is InChI=1S/C18H20N4O6S2/c1-29(25,26)21-10-4-5-11-12(7-10)30(27,28)22-17(19-11)14-16(23)13-8-2-3-9(6-8)15(13)20-18(14)24/h4-5,7-9,13-15,21H,2-3,6H2,1H3,(H,19,22)(H,20,24)/t8-,9+,13?,14?,15?/m0/s1. The second-order valence-electron chi connectivity index (χ2n) is 8.39. The summed E-state index contributed by atoms with van der Waals surface area (Å²) in [4.78, 5) is 25.7. The maximum Gasteiger partial charge on any atom is 0.286 e. The zero-order chi connectivity index (χ0) is 21.4. The fraction of sp³-hybridized carbons (Fsp3) is 0.500. The molecule has 1 aromatic rings. The lowest BCUT2D eigenvalue weighted by Gasteiger charge is -2.38. The number of amides is 1. The van der Waals surface area contributed by atoms with Crippen molar-refractivity contribution in [3.63, 3.8) is 0 Å². The number of fused-ring (bicyclic) bond motifs is 6. The van der Waals surface area contributed by atoms with Crippen molar-refractivity contribution < 1.29 is 26.4 Å². The lowest BCUT2D eigenvalue weighted by Crippen LogP contribution is -2.60. The van der Waals surface area contributed by atoms with Crippen molar-refractivity contribution in [3.8, 4) is 0 Å². The first-order valence-corrected chi connectivity index (χ1v) is 12.9. The van der Waals surface area contributed by atoms with E-state index in [0.717, 1.165) is 31.6 Å². The molecule has 2 heterocycles. The summed E-state index contributed by atoms with van der Waals surface area (Å²) >= 11 is 0. The molecule has 1 saturated heterocycles. The van der Waals surface area contributed by atoms with Crippen LogP contribution in [0.2, 0.25) is 0 Å². The summed E-state index contributed by atoms with van der Waals surface area (Å²) in [6.07, 6.45) is 3.79. The number of anilines is 2. The molecule has 3 N–H and O–H groups in total. The maximum atomic E-state index is 13.2. The predicted octanol–water partition coefficient (Wildman–Crippen LogP) is 0.301. The second-order valence-corrected chi connectivity index (χ2v) is 11.7. The van der Waals surface area contributed by atoms with Crippen LogP contribution in [0.1, 0.15) is 19.3 Å². The minimum Gasteiger partial charge on any atom is -0.351 e. The highest BCUT2D eigenvalue weighted by molar-refractivity contribution is 7.92. The van der Waals surface area contributed by atoms with Gasteiger partial charge in [0.1, 0.15) is 10.7 Å². The normalized spacial score (nSPS) is 33.8. The minimum absolute atomic E-state index is 0.0663. The average molecular weight is 453 g/mol. The third-order valence-electron chi connectivity index (χ3n) is 6.42. The molecule has 2 aliphatic heterocycles. The molecule has 2 bridgehead atoms. The van der Waals surface area contributed by atoms with Crippen LogP contribution < -0.4 is 15.4 Å². The number of carbonyl (C=O) groups excluding carboxylic acids is 2. The Bertz CT molecular complexity index is 1220. The van der Waals surface area contributed by atoms with Crippen molar-refractivity contribution in [2.45, 2.75) is 30.2 Å².